The van der Waals surface area contributed by atoms with E-state index >= 15 is 0 Å². The molecule has 1 N–H and O–H groups in total. The largest absolute Gasteiger partial charge is 0.610 e. The van der Waals surface area contributed by atoms with Gasteiger partial charge in [-0.3, -0.25) is 0 Å². The van der Waals surface area contributed by atoms with Gasteiger partial charge in [-0.1, -0.05) is 0 Å². The van der Waals surface area contributed by atoms with Gasteiger partial charge in [0.15, 0.2) is 0 Å². The Morgan fingerprint density at radius 1 is 1.40 bits per heavy atom. The van der Waals surface area contributed by atoms with E-state index in [-0.39, 0.29) is 16.5 Å². The molecule has 36 valence electrons. The Bertz CT molecular complexity index is 12.4. The van der Waals surface area contributed by atoms with Gasteiger partial charge in [-0.2, -0.15) is 0 Å². The first-order valence-electron chi connectivity index (χ1n) is 1.12. The van der Waals surface area contributed by atoms with E-state index in [2.05, 4.69) is 0 Å². The van der Waals surface area contributed by atoms with Gasteiger partial charge in [0.05, 0.1) is 0 Å². The van der Waals surface area contributed by atoms with Crippen LogP contribution in [0.2, 0.25) is 0 Å². The summed E-state index contributed by atoms with van der Waals surface area (Å²) in [6.45, 7) is 0. The van der Waals surface area contributed by atoms with Crippen molar-refractivity contribution in [1.29, 1.82) is 0 Å². The molecule has 0 aliphatic heterocycles. The van der Waals surface area contributed by atoms with Crippen LogP contribution in [-0.2, 0) is 16.5 Å². The number of nitrogens with one attached hydrogen (secondary N) is 1. The Morgan fingerprint density at radius 3 is 1.40 bits per heavy atom. The molecule has 0 aromatic carbocycles. The van der Waals surface area contributed by atoms with E-state index in [1.54, 1.807) is 14.1 Å². The van der Waals surface area contributed by atoms with Crippen LogP contribution in [0.4, 0.5) is 0 Å². The van der Waals surface area contributed by atoms with Crippen molar-refractivity contribution in [3.8, 4) is 0 Å². The van der Waals surface area contributed by atoms with Crippen LogP contribution in [0.5, 0.6) is 0 Å². The van der Waals surface area contributed by atoms with Gasteiger partial charge in [-0.25, -0.2) is 0 Å². The third kappa shape index (κ3) is 150. The van der Waals surface area contributed by atoms with Gasteiger partial charge in [-0.15, -0.1) is 0 Å². The Balaban J connectivity index is 0. The predicted molar refractivity (Wildman–Crippen MR) is 18.0 cm³/mol. The standard InChI is InChI=1S/C2H7N2.Ni/c1-4(2)3;/h3H,1-2H3;/q-1;. The van der Waals surface area contributed by atoms with E-state index in [4.69, 9.17) is 5.84 Å². The number of rotatable bonds is 0. The summed E-state index contributed by atoms with van der Waals surface area (Å²) in [5, 5.41) is 1.25. The molecule has 0 heterocycles. The molecule has 0 aromatic rings. The minimum Gasteiger partial charge on any atom is -0.610 e. The van der Waals surface area contributed by atoms with Crippen molar-refractivity contribution in [3.63, 3.8) is 0 Å². The second-order valence-electron chi connectivity index (χ2n) is 0.894. The molecule has 0 atom stereocenters. The van der Waals surface area contributed by atoms with Crippen LogP contribution in [0.1, 0.15) is 0 Å². The molecule has 0 aliphatic carbocycles. The van der Waals surface area contributed by atoms with Crippen molar-refractivity contribution in [3.05, 3.63) is 5.84 Å². The van der Waals surface area contributed by atoms with Gasteiger partial charge < -0.3 is 10.9 Å². The minimum atomic E-state index is 0. The van der Waals surface area contributed by atoms with Crippen LogP contribution in [-0.4, -0.2) is 19.1 Å². The summed E-state index contributed by atoms with van der Waals surface area (Å²) in [7, 11) is 3.33. The molecule has 0 fully saturated rings. The van der Waals surface area contributed by atoms with Crippen LogP contribution in [0, 0.1) is 0 Å². The molecule has 5 heavy (non-hydrogen) atoms. The first-order valence-corrected chi connectivity index (χ1v) is 1.12. The Morgan fingerprint density at radius 2 is 1.40 bits per heavy atom. The summed E-state index contributed by atoms with van der Waals surface area (Å²) < 4.78 is 0. The summed E-state index contributed by atoms with van der Waals surface area (Å²) in [5.41, 5.74) is 0. The van der Waals surface area contributed by atoms with Crippen molar-refractivity contribution in [2.75, 3.05) is 14.1 Å². The van der Waals surface area contributed by atoms with E-state index < -0.39 is 0 Å². The van der Waals surface area contributed by atoms with Crippen LogP contribution >= 0.6 is 0 Å². The zero-order valence-corrected chi connectivity index (χ0v) is 4.25. The number of hydrogen-bond acceptors (Lipinski definition) is 1. The summed E-state index contributed by atoms with van der Waals surface area (Å²) in [6.07, 6.45) is 0. The molecule has 0 saturated carbocycles. The van der Waals surface area contributed by atoms with Crippen molar-refractivity contribution < 1.29 is 16.5 Å². The Kier molecular flexibility index (Phi) is 7.99. The molecule has 2 nitrogen and oxygen atoms in total. The maximum atomic E-state index is 6.42. The van der Waals surface area contributed by atoms with Crippen LogP contribution < -0.4 is 0 Å². The molecule has 0 aliphatic rings. The number of nitrogens with zero attached hydrogens (tertiary/aromatic N) is 1. The fourth-order valence-electron chi connectivity index (χ4n) is 0. The normalized spacial score (nSPS) is 7.20. The average Bonchev–Trinajstić information content (AvgIpc) is 0.811. The smallest absolute Gasteiger partial charge is 0 e. The zero-order valence-electron chi connectivity index (χ0n) is 3.26. The van der Waals surface area contributed by atoms with Gasteiger partial charge >= 0.3 is 0 Å². The van der Waals surface area contributed by atoms with Crippen LogP contribution in [0.15, 0.2) is 0 Å². The molecule has 0 amide bonds. The molecule has 0 rings (SSSR count). The molecule has 0 radical (unpaired) electrons. The van der Waals surface area contributed by atoms with Crippen molar-refractivity contribution in [2.45, 2.75) is 0 Å². The van der Waals surface area contributed by atoms with Gasteiger partial charge in [0.1, 0.15) is 0 Å². The molecule has 0 saturated heterocycles. The summed E-state index contributed by atoms with van der Waals surface area (Å²) >= 11 is 0. The van der Waals surface area contributed by atoms with E-state index in [1.165, 1.54) is 5.01 Å². The van der Waals surface area contributed by atoms with Crippen molar-refractivity contribution in [2.24, 2.45) is 0 Å². The second-order valence-corrected chi connectivity index (χ2v) is 0.894. The molecular weight excluding hydrogens is 111 g/mol. The molecule has 0 unspecified atom stereocenters. The number of hydrogen-bond donors (Lipinski definition) is 0. The third-order valence-electron chi connectivity index (χ3n) is 0. The monoisotopic (exact) mass is 117 g/mol. The predicted octanol–water partition coefficient (Wildman–Crippen LogP) is 0.513. The first kappa shape index (κ1) is 9.05. The van der Waals surface area contributed by atoms with E-state index in [1.807, 2.05) is 0 Å². The van der Waals surface area contributed by atoms with Gasteiger partial charge in [-0.05, 0) is 14.1 Å². The minimum absolute atomic E-state index is 0. The van der Waals surface area contributed by atoms with Crippen molar-refractivity contribution in [1.82, 2.24) is 5.01 Å². The summed E-state index contributed by atoms with van der Waals surface area (Å²) in [5.74, 6) is 6.42. The maximum absolute atomic E-state index is 6.42. The van der Waals surface area contributed by atoms with E-state index in [0.717, 1.165) is 0 Å². The zero-order chi connectivity index (χ0) is 3.58. The fourth-order valence-corrected chi connectivity index (χ4v) is 0. The van der Waals surface area contributed by atoms with Crippen LogP contribution in [0.25, 0.3) is 5.84 Å². The molecule has 0 spiro atoms. The second kappa shape index (κ2) is 4.41. The molecule has 3 heteroatoms. The third-order valence-corrected chi connectivity index (χ3v) is 0. The van der Waals surface area contributed by atoms with Crippen LogP contribution in [0.3, 0.4) is 0 Å². The fraction of sp³-hybridized carbons (Fsp3) is 1.00. The average molecular weight is 118 g/mol. The van der Waals surface area contributed by atoms with Gasteiger partial charge in [0, 0.05) is 16.5 Å². The summed E-state index contributed by atoms with van der Waals surface area (Å²) in [4.78, 5) is 0. The van der Waals surface area contributed by atoms with Gasteiger partial charge in [0.25, 0.3) is 0 Å². The Labute approximate surface area is 42.2 Å². The SMILES string of the molecule is CN(C)[NH-].[Ni]. The van der Waals surface area contributed by atoms with Crippen molar-refractivity contribution >= 4 is 0 Å². The molecular formula is C2H7N2Ni-. The Hall–Kier alpha value is 0.414. The molecule has 0 bridgehead atoms. The van der Waals surface area contributed by atoms with E-state index in [9.17, 15) is 0 Å². The topological polar surface area (TPSA) is 27.0 Å². The van der Waals surface area contributed by atoms with E-state index in [0.29, 0.717) is 0 Å². The van der Waals surface area contributed by atoms with Gasteiger partial charge in [0.2, 0.25) is 0 Å². The summed E-state index contributed by atoms with van der Waals surface area (Å²) in [6, 6.07) is 0. The first-order chi connectivity index (χ1) is 1.73. The maximum Gasteiger partial charge on any atom is 0 e. The quantitative estimate of drug-likeness (QED) is 0.336. The molecule has 0 aromatic heterocycles.